The first-order chi connectivity index (χ1) is 11.0. The van der Waals surface area contributed by atoms with Crippen molar-refractivity contribution in [3.8, 4) is 0 Å². The van der Waals surface area contributed by atoms with E-state index in [4.69, 9.17) is 9.84 Å². The summed E-state index contributed by atoms with van der Waals surface area (Å²) in [4.78, 5) is 37.7. The minimum absolute atomic E-state index is 0.0173. The molecule has 1 aromatic carbocycles. The monoisotopic (exact) mass is 336 g/mol. The van der Waals surface area contributed by atoms with Crippen LogP contribution in [0.15, 0.2) is 23.1 Å². The number of morpholine rings is 1. The molecule has 2 N–H and O–H groups in total. The van der Waals surface area contributed by atoms with Crippen LogP contribution in [0.1, 0.15) is 17.3 Å². The number of hydrogen-bond donors (Lipinski definition) is 2. The number of fused-ring (bicyclic) bond motifs is 1. The van der Waals surface area contributed by atoms with Crippen molar-refractivity contribution >= 4 is 35.2 Å². The zero-order valence-corrected chi connectivity index (χ0v) is 13.3. The molecule has 7 nitrogen and oxygen atoms in total. The van der Waals surface area contributed by atoms with Crippen molar-refractivity contribution < 1.29 is 24.2 Å². The quantitative estimate of drug-likeness (QED) is 0.838. The highest BCUT2D eigenvalue weighted by Crippen LogP contribution is 2.36. The predicted molar refractivity (Wildman–Crippen MR) is 83.7 cm³/mol. The summed E-state index contributed by atoms with van der Waals surface area (Å²) in [6.07, 6.45) is -0.999. The molecule has 23 heavy (non-hydrogen) atoms. The van der Waals surface area contributed by atoms with Crippen LogP contribution in [-0.2, 0) is 14.3 Å². The molecule has 2 atom stereocenters. The maximum Gasteiger partial charge on any atom is 0.334 e. The number of nitrogens with zero attached hydrogens (tertiary/aromatic N) is 1. The van der Waals surface area contributed by atoms with E-state index in [-0.39, 0.29) is 30.2 Å². The standard InChI is InChI=1S/C15H16N2O5S/c1-8-13(18)16-10-6-9(2-3-12(10)23-8)14(19)17-4-5-22-11(7-17)15(20)21/h2-3,6,8,11H,4-5,7H2,1H3,(H,16,18)(H,20,21)/t8-,11-/m1/s1. The van der Waals surface area contributed by atoms with Crippen LogP contribution in [0.25, 0.3) is 0 Å². The second-order valence-electron chi connectivity index (χ2n) is 5.41. The first kappa shape index (κ1) is 15.8. The lowest BCUT2D eigenvalue weighted by molar-refractivity contribution is -0.154. The molecule has 0 spiro atoms. The van der Waals surface area contributed by atoms with Gasteiger partial charge in [-0.2, -0.15) is 0 Å². The molecule has 1 fully saturated rings. The molecule has 0 saturated carbocycles. The van der Waals surface area contributed by atoms with Gasteiger partial charge in [-0.3, -0.25) is 9.59 Å². The fraction of sp³-hybridized carbons (Fsp3) is 0.400. The van der Waals surface area contributed by atoms with Crippen molar-refractivity contribution in [2.45, 2.75) is 23.2 Å². The maximum absolute atomic E-state index is 12.6. The second-order valence-corrected chi connectivity index (χ2v) is 6.79. The van der Waals surface area contributed by atoms with E-state index in [1.54, 1.807) is 18.2 Å². The average molecular weight is 336 g/mol. The van der Waals surface area contributed by atoms with Crippen LogP contribution in [0.5, 0.6) is 0 Å². The Bertz CT molecular complexity index is 678. The van der Waals surface area contributed by atoms with Gasteiger partial charge in [-0.05, 0) is 25.1 Å². The fourth-order valence-corrected chi connectivity index (χ4v) is 3.44. The summed E-state index contributed by atoms with van der Waals surface area (Å²) in [5.41, 5.74) is 1.04. The summed E-state index contributed by atoms with van der Waals surface area (Å²) < 4.78 is 5.12. The Morgan fingerprint density at radius 2 is 2.22 bits per heavy atom. The van der Waals surface area contributed by atoms with Gasteiger partial charge in [-0.1, -0.05) is 0 Å². The summed E-state index contributed by atoms with van der Waals surface area (Å²) in [7, 11) is 0. The molecule has 1 saturated heterocycles. The lowest BCUT2D eigenvalue weighted by atomic mass is 10.1. The first-order valence-corrected chi connectivity index (χ1v) is 8.09. The van der Waals surface area contributed by atoms with Gasteiger partial charge in [-0.25, -0.2) is 4.79 Å². The van der Waals surface area contributed by atoms with Crippen LogP contribution in [0.2, 0.25) is 0 Å². The molecule has 2 aliphatic heterocycles. The number of nitrogens with one attached hydrogen (secondary N) is 1. The Morgan fingerprint density at radius 3 is 2.96 bits per heavy atom. The van der Waals surface area contributed by atoms with E-state index in [0.29, 0.717) is 17.8 Å². The van der Waals surface area contributed by atoms with Gasteiger partial charge in [0.05, 0.1) is 24.1 Å². The number of carboxylic acids is 1. The van der Waals surface area contributed by atoms with Crippen molar-refractivity contribution in [2.24, 2.45) is 0 Å². The number of carbonyl (C=O) groups is 3. The lowest BCUT2D eigenvalue weighted by Gasteiger charge is -2.31. The third-order valence-corrected chi connectivity index (χ3v) is 4.96. The van der Waals surface area contributed by atoms with Crippen LogP contribution in [-0.4, -0.2) is 58.8 Å². The zero-order chi connectivity index (χ0) is 16.6. The third-order valence-electron chi connectivity index (χ3n) is 3.79. The number of rotatable bonds is 2. The maximum atomic E-state index is 12.6. The highest BCUT2D eigenvalue weighted by atomic mass is 32.2. The van der Waals surface area contributed by atoms with Gasteiger partial charge in [0.25, 0.3) is 5.91 Å². The molecule has 8 heteroatoms. The van der Waals surface area contributed by atoms with Gasteiger partial charge in [-0.15, -0.1) is 11.8 Å². The number of thioether (sulfide) groups is 1. The molecule has 0 aliphatic carbocycles. The van der Waals surface area contributed by atoms with Crippen LogP contribution in [0.4, 0.5) is 5.69 Å². The van der Waals surface area contributed by atoms with E-state index in [9.17, 15) is 14.4 Å². The van der Waals surface area contributed by atoms with Crippen LogP contribution >= 0.6 is 11.8 Å². The molecule has 0 unspecified atom stereocenters. The number of aliphatic carboxylic acids is 1. The normalized spacial score (nSPS) is 23.9. The molecule has 2 aliphatic rings. The number of carbonyl (C=O) groups excluding carboxylic acids is 2. The first-order valence-electron chi connectivity index (χ1n) is 7.21. The van der Waals surface area contributed by atoms with E-state index in [1.807, 2.05) is 6.92 Å². The molecule has 0 aromatic heterocycles. The van der Waals surface area contributed by atoms with Crippen molar-refractivity contribution in [3.63, 3.8) is 0 Å². The van der Waals surface area contributed by atoms with Gasteiger partial charge in [0.2, 0.25) is 5.91 Å². The molecule has 0 bridgehead atoms. The van der Waals surface area contributed by atoms with E-state index in [2.05, 4.69) is 5.32 Å². The number of benzene rings is 1. The minimum Gasteiger partial charge on any atom is -0.479 e. The van der Waals surface area contributed by atoms with Crippen LogP contribution in [0, 0.1) is 0 Å². The minimum atomic E-state index is -1.08. The van der Waals surface area contributed by atoms with Gasteiger partial charge in [0, 0.05) is 17.0 Å². The highest BCUT2D eigenvalue weighted by Gasteiger charge is 2.30. The largest absolute Gasteiger partial charge is 0.479 e. The molecule has 0 radical (unpaired) electrons. The second kappa shape index (κ2) is 6.21. The molecule has 122 valence electrons. The van der Waals surface area contributed by atoms with Gasteiger partial charge in [0.15, 0.2) is 6.10 Å². The smallest absolute Gasteiger partial charge is 0.334 e. The summed E-state index contributed by atoms with van der Waals surface area (Å²) >= 11 is 1.45. The van der Waals surface area contributed by atoms with Gasteiger partial charge >= 0.3 is 5.97 Å². The molecule has 2 amide bonds. The molecule has 3 rings (SSSR count). The van der Waals surface area contributed by atoms with E-state index >= 15 is 0 Å². The van der Waals surface area contributed by atoms with Crippen molar-refractivity contribution in [3.05, 3.63) is 23.8 Å². The molecular formula is C15H16N2O5S. The Balaban J connectivity index is 1.79. The van der Waals surface area contributed by atoms with Crippen molar-refractivity contribution in [1.82, 2.24) is 4.90 Å². The topological polar surface area (TPSA) is 95.9 Å². The average Bonchev–Trinajstić information content (AvgIpc) is 2.55. The Kier molecular flexibility index (Phi) is 4.27. The number of carboxylic acid groups (broad SMARTS) is 1. The highest BCUT2D eigenvalue weighted by molar-refractivity contribution is 8.00. The predicted octanol–water partition coefficient (Wildman–Crippen LogP) is 1.04. The van der Waals surface area contributed by atoms with E-state index in [0.717, 1.165) is 4.90 Å². The zero-order valence-electron chi connectivity index (χ0n) is 12.4. The van der Waals surface area contributed by atoms with Crippen molar-refractivity contribution in [1.29, 1.82) is 0 Å². The molecule has 1 aromatic rings. The molecule has 2 heterocycles. The SMILES string of the molecule is C[C@H]1Sc2ccc(C(=O)N3CCO[C@@H](C(=O)O)C3)cc2NC1=O. The fourth-order valence-electron chi connectivity index (χ4n) is 2.51. The Morgan fingerprint density at radius 1 is 1.43 bits per heavy atom. The summed E-state index contributed by atoms with van der Waals surface area (Å²) in [6, 6.07) is 5.14. The number of amides is 2. The lowest BCUT2D eigenvalue weighted by Crippen LogP contribution is -2.48. The van der Waals surface area contributed by atoms with Crippen LogP contribution in [0.3, 0.4) is 0 Å². The number of anilines is 1. The number of hydrogen-bond acceptors (Lipinski definition) is 5. The molecular weight excluding hydrogens is 320 g/mol. The summed E-state index contributed by atoms with van der Waals surface area (Å²) in [5, 5.41) is 11.6. The summed E-state index contributed by atoms with van der Waals surface area (Å²) in [6.45, 7) is 2.38. The Labute approximate surface area is 137 Å². The number of ether oxygens (including phenoxy) is 1. The van der Waals surface area contributed by atoms with E-state index in [1.165, 1.54) is 16.7 Å². The van der Waals surface area contributed by atoms with Crippen LogP contribution < -0.4 is 5.32 Å². The summed E-state index contributed by atoms with van der Waals surface area (Å²) in [5.74, 6) is -1.43. The van der Waals surface area contributed by atoms with Crippen molar-refractivity contribution in [2.75, 3.05) is 25.0 Å². The Hall–Kier alpha value is -2.06. The van der Waals surface area contributed by atoms with E-state index < -0.39 is 12.1 Å². The van der Waals surface area contributed by atoms with Gasteiger partial charge in [0.1, 0.15) is 0 Å². The van der Waals surface area contributed by atoms with Gasteiger partial charge < -0.3 is 20.1 Å². The third kappa shape index (κ3) is 3.18.